The average molecular weight is 515 g/mol. The van der Waals surface area contributed by atoms with Gasteiger partial charge in [0.1, 0.15) is 6.61 Å². The van der Waals surface area contributed by atoms with E-state index in [1.165, 1.54) is 11.8 Å². The normalized spacial score (nSPS) is 14.6. The number of anilines is 1. The third-order valence-electron chi connectivity index (χ3n) is 4.79. The number of aromatic nitrogens is 2. The van der Waals surface area contributed by atoms with Crippen molar-refractivity contribution in [2.45, 2.75) is 46.3 Å². The highest BCUT2D eigenvalue weighted by molar-refractivity contribution is 6.99. The number of nitrogens with zero attached hydrogens (tertiary/aromatic N) is 4. The molecule has 2 heterocycles. The van der Waals surface area contributed by atoms with Gasteiger partial charge >= 0.3 is 11.9 Å². The van der Waals surface area contributed by atoms with Crippen LogP contribution in [0.2, 0.25) is 0 Å². The number of rotatable bonds is 12. The molecule has 0 saturated carbocycles. The molecule has 1 aromatic rings. The van der Waals surface area contributed by atoms with E-state index >= 15 is 0 Å². The van der Waals surface area contributed by atoms with Gasteiger partial charge < -0.3 is 33.5 Å². The standard InChI is InChI=1S/C22H34N4O8S/c1-15(2)31-14-19(29)34-17(11-26(22(4,5)6)18(28)13-32-16(3)27)12-33-21-20(23-35-24-21)25-7-9-30-10-8-25/h17H,1,7-14H2,2-6H3/t17-/m0/s1. The summed E-state index contributed by atoms with van der Waals surface area (Å²) in [6.07, 6.45) is -0.865. The van der Waals surface area contributed by atoms with Gasteiger partial charge in [0.25, 0.3) is 11.8 Å². The highest BCUT2D eigenvalue weighted by atomic mass is 32.1. The molecule has 1 aromatic heterocycles. The van der Waals surface area contributed by atoms with Crippen LogP contribution >= 0.6 is 11.7 Å². The highest BCUT2D eigenvalue weighted by Crippen LogP contribution is 2.27. The van der Waals surface area contributed by atoms with Crippen molar-refractivity contribution in [3.8, 4) is 5.88 Å². The molecule has 0 aliphatic carbocycles. The molecule has 35 heavy (non-hydrogen) atoms. The zero-order valence-electron chi connectivity index (χ0n) is 20.9. The Labute approximate surface area is 209 Å². The van der Waals surface area contributed by atoms with Crippen molar-refractivity contribution in [2.24, 2.45) is 0 Å². The third-order valence-corrected chi connectivity index (χ3v) is 5.29. The molecule has 0 spiro atoms. The van der Waals surface area contributed by atoms with Gasteiger partial charge in [0.2, 0.25) is 5.82 Å². The van der Waals surface area contributed by atoms with Gasteiger partial charge in [-0.3, -0.25) is 9.59 Å². The van der Waals surface area contributed by atoms with E-state index in [2.05, 4.69) is 15.3 Å². The third kappa shape index (κ3) is 9.68. The molecule has 1 aliphatic rings. The first-order valence-corrected chi connectivity index (χ1v) is 11.9. The molecule has 1 saturated heterocycles. The first-order valence-electron chi connectivity index (χ1n) is 11.2. The molecule has 0 bridgehead atoms. The summed E-state index contributed by atoms with van der Waals surface area (Å²) in [7, 11) is 0. The van der Waals surface area contributed by atoms with E-state index in [1.807, 2.05) is 25.7 Å². The maximum atomic E-state index is 12.8. The van der Waals surface area contributed by atoms with Gasteiger partial charge in [0.05, 0.1) is 37.2 Å². The Morgan fingerprint density at radius 1 is 1.14 bits per heavy atom. The Morgan fingerprint density at radius 2 is 1.83 bits per heavy atom. The van der Waals surface area contributed by atoms with E-state index in [1.54, 1.807) is 6.92 Å². The van der Waals surface area contributed by atoms with Crippen LogP contribution in [0.1, 0.15) is 34.6 Å². The number of hydrogen-bond acceptors (Lipinski definition) is 12. The summed E-state index contributed by atoms with van der Waals surface area (Å²) >= 11 is 1.01. The molecule has 2 rings (SSSR count). The number of hydrogen-bond donors (Lipinski definition) is 0. The van der Waals surface area contributed by atoms with Crippen LogP contribution in [0.15, 0.2) is 12.3 Å². The molecule has 0 radical (unpaired) electrons. The van der Waals surface area contributed by atoms with Crippen LogP contribution in [0, 0.1) is 0 Å². The minimum Gasteiger partial charge on any atom is -0.487 e. The van der Waals surface area contributed by atoms with E-state index in [9.17, 15) is 14.4 Å². The number of ether oxygens (including phenoxy) is 5. The molecule has 13 heteroatoms. The molecule has 196 valence electrons. The SMILES string of the molecule is C=C(C)OCC(=O)O[C@H](COc1nsnc1N1CCOCC1)CN(C(=O)COC(C)=O)C(C)(C)C. The van der Waals surface area contributed by atoms with Crippen LogP contribution in [0.3, 0.4) is 0 Å². The van der Waals surface area contributed by atoms with E-state index in [-0.39, 0.29) is 19.8 Å². The van der Waals surface area contributed by atoms with E-state index in [0.717, 1.165) is 11.7 Å². The van der Waals surface area contributed by atoms with Gasteiger partial charge in [0, 0.05) is 25.6 Å². The molecule has 0 unspecified atom stereocenters. The number of morpholine rings is 1. The summed E-state index contributed by atoms with van der Waals surface area (Å²) < 4.78 is 35.4. The van der Waals surface area contributed by atoms with Crippen LogP contribution in [0.4, 0.5) is 5.82 Å². The van der Waals surface area contributed by atoms with Crippen molar-refractivity contribution in [1.82, 2.24) is 13.6 Å². The molecule has 0 aromatic carbocycles. The molecule has 1 fully saturated rings. The minimum absolute atomic E-state index is 0.00708. The molecule has 12 nitrogen and oxygen atoms in total. The van der Waals surface area contributed by atoms with Crippen molar-refractivity contribution in [3.05, 3.63) is 12.3 Å². The van der Waals surface area contributed by atoms with Crippen molar-refractivity contribution in [2.75, 3.05) is 57.6 Å². The maximum absolute atomic E-state index is 12.8. The smallest absolute Gasteiger partial charge is 0.344 e. The van der Waals surface area contributed by atoms with Crippen molar-refractivity contribution in [3.63, 3.8) is 0 Å². The Balaban J connectivity index is 2.15. The summed E-state index contributed by atoms with van der Waals surface area (Å²) in [5, 5.41) is 0. The Morgan fingerprint density at radius 3 is 2.43 bits per heavy atom. The van der Waals surface area contributed by atoms with Gasteiger partial charge in [-0.1, -0.05) is 6.58 Å². The molecule has 1 aliphatic heterocycles. The van der Waals surface area contributed by atoms with E-state index in [0.29, 0.717) is 43.8 Å². The quantitative estimate of drug-likeness (QED) is 0.296. The number of allylic oxidation sites excluding steroid dienone is 1. The van der Waals surface area contributed by atoms with Crippen molar-refractivity contribution < 1.29 is 38.1 Å². The van der Waals surface area contributed by atoms with Gasteiger partial charge in [-0.15, -0.1) is 4.37 Å². The highest BCUT2D eigenvalue weighted by Gasteiger charge is 2.32. The summed E-state index contributed by atoms with van der Waals surface area (Å²) in [4.78, 5) is 39.9. The number of carbonyl (C=O) groups excluding carboxylic acids is 3. The largest absolute Gasteiger partial charge is 0.487 e. The molecular formula is C22H34N4O8S. The van der Waals surface area contributed by atoms with Gasteiger partial charge in [-0.25, -0.2) is 4.79 Å². The number of carbonyl (C=O) groups is 3. The first kappa shape index (κ1) is 28.3. The van der Waals surface area contributed by atoms with Crippen LogP contribution in [0.25, 0.3) is 0 Å². The number of amides is 1. The Kier molecular flexibility index (Phi) is 10.7. The van der Waals surface area contributed by atoms with Crippen LogP contribution in [-0.2, 0) is 33.3 Å². The zero-order chi connectivity index (χ0) is 26.0. The second kappa shape index (κ2) is 13.2. The summed E-state index contributed by atoms with van der Waals surface area (Å²) in [5.74, 6) is -0.380. The topological polar surface area (TPSA) is 130 Å². The van der Waals surface area contributed by atoms with Gasteiger partial charge in [0.15, 0.2) is 19.3 Å². The molecule has 0 N–H and O–H groups in total. The van der Waals surface area contributed by atoms with E-state index < -0.39 is 36.1 Å². The second-order valence-corrected chi connectivity index (χ2v) is 9.39. The van der Waals surface area contributed by atoms with Crippen molar-refractivity contribution >= 4 is 35.4 Å². The lowest BCUT2D eigenvalue weighted by atomic mass is 10.1. The van der Waals surface area contributed by atoms with Crippen LogP contribution in [-0.4, -0.2) is 95.8 Å². The lowest BCUT2D eigenvalue weighted by Gasteiger charge is -2.37. The fourth-order valence-corrected chi connectivity index (χ4v) is 3.65. The first-order chi connectivity index (χ1) is 16.5. The fraction of sp³-hybridized carbons (Fsp3) is 0.682. The molecular weight excluding hydrogens is 480 g/mol. The molecule has 1 atom stereocenters. The lowest BCUT2D eigenvalue weighted by molar-refractivity contribution is -0.161. The minimum atomic E-state index is -0.865. The van der Waals surface area contributed by atoms with E-state index in [4.69, 9.17) is 23.7 Å². The summed E-state index contributed by atoms with van der Waals surface area (Å²) in [6.45, 7) is 13.5. The number of esters is 2. The van der Waals surface area contributed by atoms with Crippen molar-refractivity contribution in [1.29, 1.82) is 0 Å². The Bertz CT molecular complexity index is 879. The Hall–Kier alpha value is -2.93. The van der Waals surface area contributed by atoms with Crippen LogP contribution < -0.4 is 9.64 Å². The molecule has 1 amide bonds. The predicted octanol–water partition coefficient (Wildman–Crippen LogP) is 1.41. The average Bonchev–Trinajstić information content (AvgIpc) is 3.26. The lowest BCUT2D eigenvalue weighted by Crippen LogP contribution is -2.52. The zero-order valence-corrected chi connectivity index (χ0v) is 21.7. The van der Waals surface area contributed by atoms with Crippen LogP contribution in [0.5, 0.6) is 5.88 Å². The second-order valence-electron chi connectivity index (χ2n) is 8.86. The maximum Gasteiger partial charge on any atom is 0.344 e. The summed E-state index contributed by atoms with van der Waals surface area (Å²) in [6, 6.07) is 0. The monoisotopic (exact) mass is 514 g/mol. The summed E-state index contributed by atoms with van der Waals surface area (Å²) in [5.41, 5.74) is -0.656. The predicted molar refractivity (Wildman–Crippen MR) is 127 cm³/mol. The fourth-order valence-electron chi connectivity index (χ4n) is 3.13. The van der Waals surface area contributed by atoms with Gasteiger partial charge in [-0.2, -0.15) is 4.37 Å². The van der Waals surface area contributed by atoms with Gasteiger partial charge in [-0.05, 0) is 27.7 Å².